The minimum atomic E-state index is 0.254. The van der Waals surface area contributed by atoms with Crippen LogP contribution < -0.4 is 25.5 Å². The van der Waals surface area contributed by atoms with Crippen LogP contribution in [0.1, 0.15) is 0 Å². The predicted octanol–water partition coefficient (Wildman–Crippen LogP) is 8.65. The van der Waals surface area contributed by atoms with Crippen LogP contribution in [0, 0.1) is 0 Å². The highest BCUT2D eigenvalue weighted by Crippen LogP contribution is 2.45. The molecule has 1 aromatic heterocycles. The van der Waals surface area contributed by atoms with Crippen LogP contribution in [0.5, 0.6) is 0 Å². The molecular formula is C38H25BN2S. The Hall–Kier alpha value is -5.06. The smallest absolute Gasteiger partial charge is 0.260 e. The highest BCUT2D eigenvalue weighted by Gasteiger charge is 2.44. The second-order valence-corrected chi connectivity index (χ2v) is 12.0. The van der Waals surface area contributed by atoms with E-state index in [1.807, 2.05) is 11.3 Å². The lowest BCUT2D eigenvalue weighted by molar-refractivity contribution is 1.25. The average Bonchev–Trinajstić information content (AvgIpc) is 3.59. The summed E-state index contributed by atoms with van der Waals surface area (Å²) in [7, 11) is 0. The first-order chi connectivity index (χ1) is 20.9. The van der Waals surface area contributed by atoms with E-state index >= 15 is 0 Å². The Bertz CT molecular complexity index is 2080. The molecule has 3 heterocycles. The first-order valence-electron chi connectivity index (χ1n) is 14.4. The fourth-order valence-corrected chi connectivity index (χ4v) is 8.31. The molecule has 0 saturated carbocycles. The molecule has 196 valence electrons. The van der Waals surface area contributed by atoms with Crippen molar-refractivity contribution in [2.24, 2.45) is 0 Å². The van der Waals surface area contributed by atoms with Crippen molar-refractivity contribution < 1.29 is 0 Å². The zero-order valence-electron chi connectivity index (χ0n) is 22.8. The molecule has 42 heavy (non-hydrogen) atoms. The summed E-state index contributed by atoms with van der Waals surface area (Å²) in [5, 5.41) is 1.37. The van der Waals surface area contributed by atoms with Crippen LogP contribution in [0.25, 0.3) is 21.2 Å². The molecule has 0 fully saturated rings. The number of nitrogens with zero attached hydrogens (tertiary/aromatic N) is 2. The summed E-state index contributed by atoms with van der Waals surface area (Å²) in [4.78, 5) is 4.81. The van der Waals surface area contributed by atoms with Crippen LogP contribution in [0.4, 0.5) is 34.1 Å². The van der Waals surface area contributed by atoms with Crippen molar-refractivity contribution in [1.82, 2.24) is 0 Å². The molecule has 9 rings (SSSR count). The standard InChI is InChI=1S/C38H25BN2S/c1-3-13-26(14-4-1)40(27-15-5-2-6-16-27)28-17-11-18-29(25-28)41-33-22-9-8-21-32(33)39-37-31(20-12-23-34(37)41)36-30-19-7-10-24-35(30)42-38(36)39/h1-25H. The van der Waals surface area contributed by atoms with Gasteiger partial charge in [0.15, 0.2) is 0 Å². The Morgan fingerprint density at radius 2 is 1.19 bits per heavy atom. The number of hydrogen-bond donors (Lipinski definition) is 0. The van der Waals surface area contributed by atoms with Crippen LogP contribution in [0.15, 0.2) is 152 Å². The molecule has 0 aliphatic carbocycles. The number of para-hydroxylation sites is 3. The zero-order valence-corrected chi connectivity index (χ0v) is 23.6. The van der Waals surface area contributed by atoms with E-state index in [2.05, 4.69) is 161 Å². The van der Waals surface area contributed by atoms with E-state index in [1.165, 1.54) is 48.3 Å². The lowest BCUT2D eigenvalue weighted by atomic mass is 9.40. The molecule has 2 aliphatic rings. The quantitative estimate of drug-likeness (QED) is 0.202. The monoisotopic (exact) mass is 552 g/mol. The maximum atomic E-state index is 2.47. The third kappa shape index (κ3) is 3.39. The van der Waals surface area contributed by atoms with Gasteiger partial charge in [0.2, 0.25) is 0 Å². The molecule has 0 N–H and O–H groups in total. The summed E-state index contributed by atoms with van der Waals surface area (Å²) in [6, 6.07) is 54.9. The van der Waals surface area contributed by atoms with E-state index in [4.69, 9.17) is 0 Å². The first kappa shape index (κ1) is 23.6. The van der Waals surface area contributed by atoms with Crippen LogP contribution in [0.2, 0.25) is 0 Å². The highest BCUT2D eigenvalue weighted by atomic mass is 32.1. The first-order valence-corrected chi connectivity index (χ1v) is 15.2. The number of thiophene rings is 1. The topological polar surface area (TPSA) is 6.48 Å². The van der Waals surface area contributed by atoms with Gasteiger partial charge in [-0.1, -0.05) is 91.0 Å². The summed E-state index contributed by atoms with van der Waals surface area (Å²) in [5.74, 6) is 0. The van der Waals surface area contributed by atoms with Gasteiger partial charge in [-0.05, 0) is 92.9 Å². The lowest BCUT2D eigenvalue weighted by Crippen LogP contribution is -2.54. The van der Waals surface area contributed by atoms with Crippen molar-refractivity contribution in [3.8, 4) is 11.1 Å². The van der Waals surface area contributed by atoms with Crippen LogP contribution in [-0.2, 0) is 0 Å². The van der Waals surface area contributed by atoms with Crippen molar-refractivity contribution >= 4 is 78.0 Å². The lowest BCUT2D eigenvalue weighted by Gasteiger charge is -2.36. The molecule has 0 atom stereocenters. The van der Waals surface area contributed by atoms with Gasteiger partial charge < -0.3 is 9.80 Å². The second-order valence-electron chi connectivity index (χ2n) is 10.9. The minimum absolute atomic E-state index is 0.254. The van der Waals surface area contributed by atoms with Gasteiger partial charge in [-0.25, -0.2) is 0 Å². The van der Waals surface area contributed by atoms with Gasteiger partial charge in [-0.15, -0.1) is 11.3 Å². The van der Waals surface area contributed by atoms with Gasteiger partial charge in [0, 0.05) is 38.8 Å². The van der Waals surface area contributed by atoms with Crippen molar-refractivity contribution in [3.63, 3.8) is 0 Å². The largest absolute Gasteiger partial charge is 0.311 e. The molecule has 2 nitrogen and oxygen atoms in total. The van der Waals surface area contributed by atoms with E-state index < -0.39 is 0 Å². The maximum Gasteiger partial charge on any atom is 0.260 e. The second kappa shape index (κ2) is 9.23. The maximum absolute atomic E-state index is 2.47. The fraction of sp³-hybridized carbons (Fsp3) is 0. The van der Waals surface area contributed by atoms with Gasteiger partial charge in [-0.2, -0.15) is 0 Å². The van der Waals surface area contributed by atoms with E-state index in [0.717, 1.165) is 22.7 Å². The Balaban J connectivity index is 1.26. The molecule has 7 aromatic rings. The fourth-order valence-electron chi connectivity index (χ4n) is 6.96. The minimum Gasteiger partial charge on any atom is -0.311 e. The third-order valence-electron chi connectivity index (χ3n) is 8.63. The van der Waals surface area contributed by atoms with Gasteiger partial charge in [-0.3, -0.25) is 0 Å². The molecule has 0 radical (unpaired) electrons. The Kier molecular flexibility index (Phi) is 5.20. The van der Waals surface area contributed by atoms with Crippen LogP contribution >= 0.6 is 11.3 Å². The number of fused-ring (bicyclic) bond motifs is 7. The van der Waals surface area contributed by atoms with E-state index in [0.29, 0.717) is 0 Å². The summed E-state index contributed by atoms with van der Waals surface area (Å²) < 4.78 is 2.84. The van der Waals surface area contributed by atoms with Crippen LogP contribution in [0.3, 0.4) is 0 Å². The van der Waals surface area contributed by atoms with E-state index in [-0.39, 0.29) is 6.71 Å². The molecule has 6 aromatic carbocycles. The number of benzene rings is 6. The van der Waals surface area contributed by atoms with E-state index in [1.54, 1.807) is 0 Å². The molecule has 4 heteroatoms. The van der Waals surface area contributed by atoms with E-state index in [9.17, 15) is 0 Å². The van der Waals surface area contributed by atoms with Crippen molar-refractivity contribution in [2.45, 2.75) is 0 Å². The number of hydrogen-bond acceptors (Lipinski definition) is 3. The molecule has 0 unspecified atom stereocenters. The highest BCUT2D eigenvalue weighted by molar-refractivity contribution is 7.34. The molecule has 2 aliphatic heterocycles. The SMILES string of the molecule is c1ccc(N(c2ccccc2)c2cccc(N3c4ccccc4B4c5sc6ccccc6c5-c5cccc3c54)c2)cc1. The molecule has 0 bridgehead atoms. The van der Waals surface area contributed by atoms with Crippen molar-refractivity contribution in [2.75, 3.05) is 9.80 Å². The summed E-state index contributed by atoms with van der Waals surface area (Å²) in [6.45, 7) is 0.254. The zero-order chi connectivity index (χ0) is 27.6. The predicted molar refractivity (Wildman–Crippen MR) is 181 cm³/mol. The third-order valence-corrected chi connectivity index (χ3v) is 9.87. The van der Waals surface area contributed by atoms with Crippen molar-refractivity contribution in [1.29, 1.82) is 0 Å². The van der Waals surface area contributed by atoms with Gasteiger partial charge in [0.25, 0.3) is 6.71 Å². The molecule has 0 saturated heterocycles. The average molecular weight is 553 g/mol. The Labute approximate surface area is 249 Å². The van der Waals surface area contributed by atoms with Crippen LogP contribution in [-0.4, -0.2) is 6.71 Å². The number of rotatable bonds is 4. The molecular weight excluding hydrogens is 527 g/mol. The Morgan fingerprint density at radius 3 is 2.00 bits per heavy atom. The normalized spacial score (nSPS) is 12.7. The van der Waals surface area contributed by atoms with Gasteiger partial charge in [0.05, 0.1) is 0 Å². The number of anilines is 6. The van der Waals surface area contributed by atoms with Gasteiger partial charge >= 0.3 is 0 Å². The summed E-state index contributed by atoms with van der Waals surface area (Å²) in [5.41, 5.74) is 12.7. The summed E-state index contributed by atoms with van der Waals surface area (Å²) >= 11 is 1.96. The van der Waals surface area contributed by atoms with Gasteiger partial charge in [0.1, 0.15) is 0 Å². The van der Waals surface area contributed by atoms with Crippen molar-refractivity contribution in [3.05, 3.63) is 152 Å². The molecule has 0 amide bonds. The Morgan fingerprint density at radius 1 is 0.548 bits per heavy atom. The summed E-state index contributed by atoms with van der Waals surface area (Å²) in [6.07, 6.45) is 0. The molecule has 0 spiro atoms.